The zero-order chi connectivity index (χ0) is 13.7. The third-order valence-corrected chi connectivity index (χ3v) is 3.16. The second kappa shape index (κ2) is 6.23. The van der Waals surface area contributed by atoms with Gasteiger partial charge in [0, 0.05) is 37.2 Å². The van der Waals surface area contributed by atoms with Gasteiger partial charge in [-0.2, -0.15) is 0 Å². The molecule has 2 aromatic rings. The van der Waals surface area contributed by atoms with E-state index in [1.165, 1.54) is 11.3 Å². The maximum atomic E-state index is 4.34. The molecule has 0 bridgehead atoms. The monoisotopic (exact) mass is 255 g/mol. The number of benzene rings is 1. The lowest BCUT2D eigenvalue weighted by Crippen LogP contribution is -2.11. The Morgan fingerprint density at radius 2 is 2.00 bits per heavy atom. The van der Waals surface area contributed by atoms with E-state index in [0.717, 1.165) is 24.5 Å². The number of anilines is 3. The van der Waals surface area contributed by atoms with Gasteiger partial charge >= 0.3 is 0 Å². The number of pyridine rings is 1. The zero-order valence-corrected chi connectivity index (χ0v) is 11.9. The van der Waals surface area contributed by atoms with E-state index in [1.54, 1.807) is 0 Å². The molecule has 1 heterocycles. The van der Waals surface area contributed by atoms with Crippen molar-refractivity contribution in [2.75, 3.05) is 23.8 Å². The van der Waals surface area contributed by atoms with Gasteiger partial charge in [0.05, 0.1) is 0 Å². The van der Waals surface area contributed by atoms with Gasteiger partial charge in [0.25, 0.3) is 0 Å². The van der Waals surface area contributed by atoms with Crippen LogP contribution in [0.15, 0.2) is 42.6 Å². The van der Waals surface area contributed by atoms with Crippen LogP contribution in [0.25, 0.3) is 0 Å². The molecular formula is C16H21N3. The first kappa shape index (κ1) is 13.4. The number of aryl methyl sites for hydroxylation is 1. The number of nitrogens with one attached hydrogen (secondary N) is 1. The minimum atomic E-state index is 0.930. The standard InChI is InChI=1S/C16H21N3/c1-4-10-17-16-12-14(9-11-18-16)19(3)15-8-6-5-7-13(15)2/h5-9,11-12H,4,10H2,1-3H3,(H,17,18). The zero-order valence-electron chi connectivity index (χ0n) is 11.9. The number of rotatable bonds is 5. The van der Waals surface area contributed by atoms with Crippen LogP contribution in [0.4, 0.5) is 17.2 Å². The molecule has 0 unspecified atom stereocenters. The number of hydrogen-bond acceptors (Lipinski definition) is 3. The first-order valence-electron chi connectivity index (χ1n) is 6.71. The van der Waals surface area contributed by atoms with Crippen LogP contribution in [0.3, 0.4) is 0 Å². The molecule has 3 heteroatoms. The Bertz CT molecular complexity index is 537. The van der Waals surface area contributed by atoms with Crippen molar-refractivity contribution in [1.82, 2.24) is 4.98 Å². The number of hydrogen-bond donors (Lipinski definition) is 1. The summed E-state index contributed by atoms with van der Waals surface area (Å²) in [6, 6.07) is 12.5. The average Bonchev–Trinajstić information content (AvgIpc) is 2.45. The Labute approximate surface area is 115 Å². The average molecular weight is 255 g/mol. The summed E-state index contributed by atoms with van der Waals surface area (Å²) in [5.74, 6) is 0.930. The number of nitrogens with zero attached hydrogens (tertiary/aromatic N) is 2. The molecule has 0 saturated heterocycles. The summed E-state index contributed by atoms with van der Waals surface area (Å²) in [5, 5.41) is 3.32. The predicted molar refractivity (Wildman–Crippen MR) is 82.3 cm³/mol. The molecule has 1 aromatic heterocycles. The van der Waals surface area contributed by atoms with E-state index >= 15 is 0 Å². The summed E-state index contributed by atoms with van der Waals surface area (Å²) in [4.78, 5) is 6.53. The molecule has 0 fully saturated rings. The van der Waals surface area contributed by atoms with Crippen molar-refractivity contribution in [3.8, 4) is 0 Å². The summed E-state index contributed by atoms with van der Waals surface area (Å²) in [6.45, 7) is 5.23. The lowest BCUT2D eigenvalue weighted by atomic mass is 10.2. The molecule has 1 aromatic carbocycles. The number of para-hydroxylation sites is 1. The molecule has 0 atom stereocenters. The minimum absolute atomic E-state index is 0.930. The Hall–Kier alpha value is -2.03. The second-order valence-corrected chi connectivity index (χ2v) is 4.67. The van der Waals surface area contributed by atoms with Crippen LogP contribution in [0.2, 0.25) is 0 Å². The quantitative estimate of drug-likeness (QED) is 0.876. The van der Waals surface area contributed by atoms with Gasteiger partial charge in [-0.25, -0.2) is 4.98 Å². The first-order valence-corrected chi connectivity index (χ1v) is 6.71. The summed E-state index contributed by atoms with van der Waals surface area (Å²) >= 11 is 0. The van der Waals surface area contributed by atoms with Gasteiger partial charge in [-0.1, -0.05) is 25.1 Å². The third-order valence-electron chi connectivity index (χ3n) is 3.16. The van der Waals surface area contributed by atoms with Crippen LogP contribution < -0.4 is 10.2 Å². The highest BCUT2D eigenvalue weighted by Gasteiger charge is 2.07. The summed E-state index contributed by atoms with van der Waals surface area (Å²) < 4.78 is 0. The molecular weight excluding hydrogens is 234 g/mol. The lowest BCUT2D eigenvalue weighted by Gasteiger charge is -2.22. The Morgan fingerprint density at radius 1 is 1.21 bits per heavy atom. The molecule has 0 radical (unpaired) electrons. The van der Waals surface area contributed by atoms with Crippen molar-refractivity contribution in [3.05, 3.63) is 48.2 Å². The molecule has 0 saturated carbocycles. The highest BCUT2D eigenvalue weighted by molar-refractivity contribution is 5.67. The van der Waals surface area contributed by atoms with Crippen molar-refractivity contribution in [1.29, 1.82) is 0 Å². The molecule has 0 amide bonds. The topological polar surface area (TPSA) is 28.2 Å². The molecule has 3 nitrogen and oxygen atoms in total. The third kappa shape index (κ3) is 3.25. The van der Waals surface area contributed by atoms with E-state index in [0.29, 0.717) is 0 Å². The van der Waals surface area contributed by atoms with Crippen LogP contribution in [0, 0.1) is 6.92 Å². The van der Waals surface area contributed by atoms with Gasteiger partial charge in [0.15, 0.2) is 0 Å². The molecule has 1 N–H and O–H groups in total. The van der Waals surface area contributed by atoms with Gasteiger partial charge in [-0.05, 0) is 31.0 Å². The predicted octanol–water partition coefficient (Wildman–Crippen LogP) is 3.98. The maximum absolute atomic E-state index is 4.34. The van der Waals surface area contributed by atoms with E-state index in [-0.39, 0.29) is 0 Å². The molecule has 100 valence electrons. The van der Waals surface area contributed by atoms with Crippen LogP contribution >= 0.6 is 0 Å². The Morgan fingerprint density at radius 3 is 2.74 bits per heavy atom. The van der Waals surface area contributed by atoms with Gasteiger partial charge in [0.2, 0.25) is 0 Å². The van der Waals surface area contributed by atoms with Crippen LogP contribution in [-0.2, 0) is 0 Å². The molecule has 2 rings (SSSR count). The van der Waals surface area contributed by atoms with Crippen molar-refractivity contribution in [2.24, 2.45) is 0 Å². The highest BCUT2D eigenvalue weighted by Crippen LogP contribution is 2.27. The van der Waals surface area contributed by atoms with Gasteiger partial charge in [-0.3, -0.25) is 0 Å². The molecule has 0 aliphatic carbocycles. The van der Waals surface area contributed by atoms with E-state index in [2.05, 4.69) is 66.4 Å². The van der Waals surface area contributed by atoms with E-state index in [9.17, 15) is 0 Å². The summed E-state index contributed by atoms with van der Waals surface area (Å²) in [7, 11) is 2.08. The fourth-order valence-corrected chi connectivity index (χ4v) is 2.06. The van der Waals surface area contributed by atoms with E-state index in [4.69, 9.17) is 0 Å². The van der Waals surface area contributed by atoms with Crippen molar-refractivity contribution in [2.45, 2.75) is 20.3 Å². The summed E-state index contributed by atoms with van der Waals surface area (Å²) in [5.41, 5.74) is 3.63. The minimum Gasteiger partial charge on any atom is -0.370 e. The second-order valence-electron chi connectivity index (χ2n) is 4.67. The summed E-state index contributed by atoms with van der Waals surface area (Å²) in [6.07, 6.45) is 2.95. The molecule has 0 spiro atoms. The van der Waals surface area contributed by atoms with E-state index < -0.39 is 0 Å². The van der Waals surface area contributed by atoms with Crippen molar-refractivity contribution in [3.63, 3.8) is 0 Å². The van der Waals surface area contributed by atoms with Crippen molar-refractivity contribution < 1.29 is 0 Å². The fourth-order valence-electron chi connectivity index (χ4n) is 2.06. The SMILES string of the molecule is CCCNc1cc(N(C)c2ccccc2C)ccn1. The van der Waals surface area contributed by atoms with Crippen LogP contribution in [0.1, 0.15) is 18.9 Å². The highest BCUT2D eigenvalue weighted by atomic mass is 15.1. The Kier molecular flexibility index (Phi) is 4.39. The molecule has 0 aliphatic rings. The lowest BCUT2D eigenvalue weighted by molar-refractivity contribution is 0.968. The maximum Gasteiger partial charge on any atom is 0.127 e. The van der Waals surface area contributed by atoms with Gasteiger partial charge in [-0.15, -0.1) is 0 Å². The fraction of sp³-hybridized carbons (Fsp3) is 0.312. The first-order chi connectivity index (χ1) is 9.22. The molecule has 0 aliphatic heterocycles. The van der Waals surface area contributed by atoms with Crippen LogP contribution in [0.5, 0.6) is 0 Å². The van der Waals surface area contributed by atoms with Gasteiger partial charge < -0.3 is 10.2 Å². The van der Waals surface area contributed by atoms with Crippen LogP contribution in [-0.4, -0.2) is 18.6 Å². The molecule has 19 heavy (non-hydrogen) atoms. The van der Waals surface area contributed by atoms with E-state index in [1.807, 2.05) is 12.3 Å². The number of aromatic nitrogens is 1. The van der Waals surface area contributed by atoms with Gasteiger partial charge in [0.1, 0.15) is 5.82 Å². The normalized spacial score (nSPS) is 10.3. The largest absolute Gasteiger partial charge is 0.370 e. The Balaban J connectivity index is 2.24. The smallest absolute Gasteiger partial charge is 0.127 e. The van der Waals surface area contributed by atoms with Crippen molar-refractivity contribution >= 4 is 17.2 Å².